The molecule has 1 aromatic rings. The first kappa shape index (κ1) is 16.1. The standard InChI is InChI=1S/C14H21N3O3/c1-3-4-8-15-13(18)11-6-5-7-12(17-11)14(19)16-9-10-20-2/h5-7H,3-4,8-10H2,1-2H3,(H,15,18)(H,16,19). The number of pyridine rings is 1. The van der Waals surface area contributed by atoms with Crippen molar-refractivity contribution in [1.29, 1.82) is 0 Å². The summed E-state index contributed by atoms with van der Waals surface area (Å²) in [6.07, 6.45) is 1.93. The minimum atomic E-state index is -0.315. The van der Waals surface area contributed by atoms with Crippen LogP contribution in [-0.4, -0.2) is 43.6 Å². The molecule has 6 heteroatoms. The summed E-state index contributed by atoms with van der Waals surface area (Å²) in [7, 11) is 1.56. The average Bonchev–Trinajstić information content (AvgIpc) is 2.47. The lowest BCUT2D eigenvalue weighted by atomic mass is 10.2. The fourth-order valence-electron chi connectivity index (χ4n) is 1.51. The third-order valence-corrected chi connectivity index (χ3v) is 2.62. The van der Waals surface area contributed by atoms with Gasteiger partial charge >= 0.3 is 0 Å². The van der Waals surface area contributed by atoms with E-state index in [0.29, 0.717) is 19.7 Å². The number of carbonyl (C=O) groups is 2. The molecular formula is C14H21N3O3. The van der Waals surface area contributed by atoms with Gasteiger partial charge in [0.2, 0.25) is 0 Å². The summed E-state index contributed by atoms with van der Waals surface area (Å²) < 4.78 is 4.85. The van der Waals surface area contributed by atoms with Crippen molar-refractivity contribution in [3.05, 3.63) is 29.6 Å². The van der Waals surface area contributed by atoms with Crippen molar-refractivity contribution in [2.75, 3.05) is 26.8 Å². The van der Waals surface area contributed by atoms with Crippen LogP contribution in [0.1, 0.15) is 40.7 Å². The van der Waals surface area contributed by atoms with Gasteiger partial charge in [-0.3, -0.25) is 9.59 Å². The van der Waals surface area contributed by atoms with Crippen LogP contribution in [0, 0.1) is 0 Å². The lowest BCUT2D eigenvalue weighted by molar-refractivity contribution is 0.0931. The third kappa shape index (κ3) is 5.36. The van der Waals surface area contributed by atoms with E-state index in [1.807, 2.05) is 0 Å². The van der Waals surface area contributed by atoms with E-state index in [-0.39, 0.29) is 23.2 Å². The predicted molar refractivity (Wildman–Crippen MR) is 75.7 cm³/mol. The first-order valence-corrected chi connectivity index (χ1v) is 6.71. The molecule has 1 aromatic heterocycles. The Morgan fingerprint density at radius 3 is 2.30 bits per heavy atom. The van der Waals surface area contributed by atoms with Crippen LogP contribution in [0.25, 0.3) is 0 Å². The molecule has 2 N–H and O–H groups in total. The number of ether oxygens (including phenoxy) is 1. The zero-order chi connectivity index (χ0) is 14.8. The molecule has 0 bridgehead atoms. The number of hydrogen-bond donors (Lipinski definition) is 2. The number of unbranched alkanes of at least 4 members (excludes halogenated alkanes) is 1. The highest BCUT2D eigenvalue weighted by Crippen LogP contribution is 2.00. The van der Waals surface area contributed by atoms with Crippen LogP contribution in [0.5, 0.6) is 0 Å². The van der Waals surface area contributed by atoms with Crippen molar-refractivity contribution < 1.29 is 14.3 Å². The van der Waals surface area contributed by atoms with Gasteiger partial charge in [-0.2, -0.15) is 0 Å². The molecule has 0 atom stereocenters. The Kier molecular flexibility index (Phi) is 7.27. The lowest BCUT2D eigenvalue weighted by Crippen LogP contribution is -2.29. The Hall–Kier alpha value is -1.95. The van der Waals surface area contributed by atoms with Crippen molar-refractivity contribution in [2.24, 2.45) is 0 Å². The van der Waals surface area contributed by atoms with E-state index < -0.39 is 0 Å². The van der Waals surface area contributed by atoms with E-state index >= 15 is 0 Å². The van der Waals surface area contributed by atoms with E-state index in [4.69, 9.17) is 4.74 Å². The van der Waals surface area contributed by atoms with Crippen LogP contribution in [-0.2, 0) is 4.74 Å². The normalized spacial score (nSPS) is 10.1. The van der Waals surface area contributed by atoms with Gasteiger partial charge in [0.25, 0.3) is 11.8 Å². The van der Waals surface area contributed by atoms with E-state index in [1.54, 1.807) is 25.3 Å². The summed E-state index contributed by atoms with van der Waals surface area (Å²) in [5, 5.41) is 5.43. The van der Waals surface area contributed by atoms with Crippen molar-refractivity contribution in [2.45, 2.75) is 19.8 Å². The van der Waals surface area contributed by atoms with Crippen LogP contribution >= 0.6 is 0 Å². The van der Waals surface area contributed by atoms with Crippen molar-refractivity contribution >= 4 is 11.8 Å². The summed E-state index contributed by atoms with van der Waals surface area (Å²) in [6.45, 7) is 3.50. The van der Waals surface area contributed by atoms with Gasteiger partial charge in [0.1, 0.15) is 11.4 Å². The molecule has 0 aliphatic carbocycles. The topological polar surface area (TPSA) is 80.3 Å². The highest BCUT2D eigenvalue weighted by Gasteiger charge is 2.11. The molecule has 0 unspecified atom stereocenters. The Balaban J connectivity index is 2.60. The molecule has 0 radical (unpaired) electrons. The van der Waals surface area contributed by atoms with Crippen LogP contribution in [0.4, 0.5) is 0 Å². The minimum absolute atomic E-state index is 0.226. The summed E-state index contributed by atoms with van der Waals surface area (Å²) in [4.78, 5) is 27.7. The third-order valence-electron chi connectivity index (χ3n) is 2.62. The van der Waals surface area contributed by atoms with Gasteiger partial charge in [0, 0.05) is 20.2 Å². The maximum Gasteiger partial charge on any atom is 0.269 e. The number of aromatic nitrogens is 1. The van der Waals surface area contributed by atoms with E-state index in [2.05, 4.69) is 22.5 Å². The molecule has 0 aliphatic rings. The Morgan fingerprint density at radius 1 is 1.15 bits per heavy atom. The molecule has 0 fully saturated rings. The summed E-state index contributed by atoms with van der Waals surface area (Å²) in [5.74, 6) is -0.574. The summed E-state index contributed by atoms with van der Waals surface area (Å²) in [6, 6.07) is 4.81. The van der Waals surface area contributed by atoms with E-state index in [1.165, 1.54) is 0 Å². The monoisotopic (exact) mass is 279 g/mol. The zero-order valence-corrected chi connectivity index (χ0v) is 11.9. The average molecular weight is 279 g/mol. The minimum Gasteiger partial charge on any atom is -0.383 e. The number of carbonyl (C=O) groups excluding carboxylic acids is 2. The van der Waals surface area contributed by atoms with Crippen LogP contribution in [0.3, 0.4) is 0 Å². The molecule has 0 aliphatic heterocycles. The van der Waals surface area contributed by atoms with Gasteiger partial charge in [-0.05, 0) is 18.6 Å². The van der Waals surface area contributed by atoms with Gasteiger partial charge in [0.05, 0.1) is 6.61 Å². The summed E-state index contributed by atoms with van der Waals surface area (Å²) in [5.41, 5.74) is 0.477. The van der Waals surface area contributed by atoms with Gasteiger partial charge in [0.15, 0.2) is 0 Å². The van der Waals surface area contributed by atoms with Gasteiger partial charge < -0.3 is 15.4 Å². The fraction of sp³-hybridized carbons (Fsp3) is 0.500. The highest BCUT2D eigenvalue weighted by molar-refractivity contribution is 5.96. The van der Waals surface area contributed by atoms with Crippen molar-refractivity contribution in [3.8, 4) is 0 Å². The molecular weight excluding hydrogens is 258 g/mol. The number of methoxy groups -OCH3 is 1. The van der Waals surface area contributed by atoms with Gasteiger partial charge in [-0.15, -0.1) is 0 Å². The number of amides is 2. The van der Waals surface area contributed by atoms with E-state index in [9.17, 15) is 9.59 Å². The number of hydrogen-bond acceptors (Lipinski definition) is 4. The Labute approximate surface area is 118 Å². The first-order valence-electron chi connectivity index (χ1n) is 6.71. The fourth-order valence-corrected chi connectivity index (χ4v) is 1.51. The SMILES string of the molecule is CCCCNC(=O)c1cccc(C(=O)NCCOC)n1. The summed E-state index contributed by atoms with van der Waals surface area (Å²) >= 11 is 0. The second-order valence-corrected chi connectivity index (χ2v) is 4.27. The smallest absolute Gasteiger partial charge is 0.269 e. The molecule has 0 aromatic carbocycles. The molecule has 110 valence electrons. The molecule has 1 heterocycles. The first-order chi connectivity index (χ1) is 9.69. The number of nitrogens with zero attached hydrogens (tertiary/aromatic N) is 1. The second-order valence-electron chi connectivity index (χ2n) is 4.27. The maximum atomic E-state index is 11.8. The van der Waals surface area contributed by atoms with Crippen molar-refractivity contribution in [3.63, 3.8) is 0 Å². The quantitative estimate of drug-likeness (QED) is 0.695. The van der Waals surface area contributed by atoms with Crippen molar-refractivity contribution in [1.82, 2.24) is 15.6 Å². The molecule has 6 nitrogen and oxygen atoms in total. The Morgan fingerprint density at radius 2 is 1.75 bits per heavy atom. The molecule has 1 rings (SSSR count). The Bertz CT molecular complexity index is 412. The lowest BCUT2D eigenvalue weighted by Gasteiger charge is -2.06. The zero-order valence-electron chi connectivity index (χ0n) is 11.9. The van der Waals surface area contributed by atoms with Gasteiger partial charge in [-0.1, -0.05) is 19.4 Å². The van der Waals surface area contributed by atoms with Crippen LogP contribution in [0.2, 0.25) is 0 Å². The molecule has 20 heavy (non-hydrogen) atoms. The van der Waals surface area contributed by atoms with Crippen LogP contribution in [0.15, 0.2) is 18.2 Å². The molecule has 2 amide bonds. The van der Waals surface area contributed by atoms with Crippen LogP contribution < -0.4 is 10.6 Å². The second kappa shape index (κ2) is 9.03. The number of nitrogens with one attached hydrogen (secondary N) is 2. The highest BCUT2D eigenvalue weighted by atomic mass is 16.5. The molecule has 0 saturated heterocycles. The molecule has 0 spiro atoms. The van der Waals surface area contributed by atoms with Gasteiger partial charge in [-0.25, -0.2) is 4.98 Å². The predicted octanol–water partition coefficient (Wildman–Crippen LogP) is 0.988. The number of rotatable bonds is 8. The van der Waals surface area contributed by atoms with E-state index in [0.717, 1.165) is 12.8 Å². The largest absolute Gasteiger partial charge is 0.383 e. The molecule has 0 saturated carbocycles. The maximum absolute atomic E-state index is 11.8.